The van der Waals surface area contributed by atoms with Crippen molar-refractivity contribution in [1.82, 2.24) is 9.88 Å². The van der Waals surface area contributed by atoms with Crippen LogP contribution in [0, 0.1) is 18.3 Å². The van der Waals surface area contributed by atoms with E-state index >= 15 is 0 Å². The molecule has 1 unspecified atom stereocenters. The molecule has 5 nitrogen and oxygen atoms in total. The van der Waals surface area contributed by atoms with E-state index in [0.717, 1.165) is 11.1 Å². The zero-order chi connectivity index (χ0) is 17.5. The maximum absolute atomic E-state index is 13.0. The molecule has 2 heterocycles. The lowest BCUT2D eigenvalue weighted by atomic mass is 9.76. The van der Waals surface area contributed by atoms with Crippen LogP contribution < -0.4 is 0 Å². The number of hydrogen-bond donors (Lipinski definition) is 1. The molecule has 1 N–H and O–H groups in total. The average Bonchev–Trinajstić information content (AvgIpc) is 3.00. The summed E-state index contributed by atoms with van der Waals surface area (Å²) < 4.78 is 0. The second-order valence-electron chi connectivity index (χ2n) is 6.92. The fraction of sp³-hybridized carbons (Fsp3) is 0.421. The van der Waals surface area contributed by atoms with Crippen LogP contribution in [0.25, 0.3) is 10.9 Å². The minimum Gasteiger partial charge on any atom is -0.481 e. The second-order valence-corrected chi connectivity index (χ2v) is 6.92. The molecule has 3 rings (SSSR count). The highest BCUT2D eigenvalue weighted by atomic mass is 16.4. The third-order valence-corrected chi connectivity index (χ3v) is 5.21. The molecule has 1 saturated heterocycles. The van der Waals surface area contributed by atoms with Crippen LogP contribution in [0.3, 0.4) is 0 Å². The van der Waals surface area contributed by atoms with Crippen molar-refractivity contribution in [2.75, 3.05) is 13.1 Å². The van der Waals surface area contributed by atoms with Crippen LogP contribution in [0.1, 0.15) is 36.3 Å². The van der Waals surface area contributed by atoms with E-state index in [9.17, 15) is 14.7 Å². The summed E-state index contributed by atoms with van der Waals surface area (Å²) in [6.07, 6.45) is 0.489. The zero-order valence-corrected chi connectivity index (χ0v) is 14.2. The number of carbonyl (C=O) groups excluding carboxylic acids is 1. The van der Waals surface area contributed by atoms with E-state index in [1.165, 1.54) is 0 Å². The van der Waals surface area contributed by atoms with Gasteiger partial charge in [0.15, 0.2) is 0 Å². The number of pyridine rings is 1. The van der Waals surface area contributed by atoms with Gasteiger partial charge in [-0.2, -0.15) is 0 Å². The van der Waals surface area contributed by atoms with Crippen LogP contribution >= 0.6 is 0 Å². The van der Waals surface area contributed by atoms with Gasteiger partial charge in [0, 0.05) is 24.2 Å². The molecule has 5 heteroatoms. The molecule has 0 radical (unpaired) electrons. The quantitative estimate of drug-likeness (QED) is 0.941. The second kappa shape index (κ2) is 5.89. The molecule has 1 atom stereocenters. The Hall–Kier alpha value is -2.43. The Morgan fingerprint density at radius 1 is 1.25 bits per heavy atom. The van der Waals surface area contributed by atoms with Crippen molar-refractivity contribution in [1.29, 1.82) is 0 Å². The normalized spacial score (nSPS) is 20.8. The molecular weight excluding hydrogens is 304 g/mol. The fourth-order valence-electron chi connectivity index (χ4n) is 3.49. The summed E-state index contributed by atoms with van der Waals surface area (Å²) in [7, 11) is 0. The standard InChI is InChI=1S/C19H22N2O3/c1-12(2)19(18(23)24)9-10-21(11-19)17(22)15-6-4-5-14-8-7-13(3)20-16(14)15/h4-8,12H,9-11H2,1-3H3,(H,23,24). The summed E-state index contributed by atoms with van der Waals surface area (Å²) in [4.78, 5) is 30.9. The van der Waals surface area contributed by atoms with E-state index in [-0.39, 0.29) is 18.4 Å². The number of nitrogens with zero attached hydrogens (tertiary/aromatic N) is 2. The lowest BCUT2D eigenvalue weighted by Crippen LogP contribution is -2.40. The summed E-state index contributed by atoms with van der Waals surface area (Å²) in [6.45, 7) is 6.42. The van der Waals surface area contributed by atoms with E-state index in [0.29, 0.717) is 24.0 Å². The Labute approximate surface area is 141 Å². The molecule has 1 amide bonds. The van der Waals surface area contributed by atoms with Crippen LogP contribution in [0.2, 0.25) is 0 Å². The summed E-state index contributed by atoms with van der Waals surface area (Å²) in [5.41, 5.74) is 1.22. The predicted molar refractivity (Wildman–Crippen MR) is 91.9 cm³/mol. The van der Waals surface area contributed by atoms with Crippen molar-refractivity contribution in [2.24, 2.45) is 11.3 Å². The van der Waals surface area contributed by atoms with Gasteiger partial charge in [-0.25, -0.2) is 0 Å². The van der Waals surface area contributed by atoms with Gasteiger partial charge < -0.3 is 10.0 Å². The lowest BCUT2D eigenvalue weighted by molar-refractivity contribution is -0.150. The average molecular weight is 326 g/mol. The lowest BCUT2D eigenvalue weighted by Gasteiger charge is -2.28. The Balaban J connectivity index is 1.97. The summed E-state index contributed by atoms with van der Waals surface area (Å²) in [5, 5.41) is 10.6. The van der Waals surface area contributed by atoms with Gasteiger partial charge in [0.05, 0.1) is 16.5 Å². The van der Waals surface area contributed by atoms with Crippen molar-refractivity contribution in [2.45, 2.75) is 27.2 Å². The largest absolute Gasteiger partial charge is 0.481 e. The van der Waals surface area contributed by atoms with Crippen molar-refractivity contribution in [3.05, 3.63) is 41.6 Å². The molecule has 0 bridgehead atoms. The number of aromatic nitrogens is 1. The number of para-hydroxylation sites is 1. The van der Waals surface area contributed by atoms with Crippen molar-refractivity contribution >= 4 is 22.8 Å². The first-order valence-electron chi connectivity index (χ1n) is 8.24. The molecule has 2 aromatic rings. The highest BCUT2D eigenvalue weighted by Gasteiger charge is 2.48. The number of carboxylic acids is 1. The Morgan fingerprint density at radius 3 is 2.62 bits per heavy atom. The molecule has 0 spiro atoms. The SMILES string of the molecule is Cc1ccc2cccc(C(=O)N3CCC(C(=O)O)(C(C)C)C3)c2n1. The molecule has 0 saturated carbocycles. The highest BCUT2D eigenvalue weighted by Crippen LogP contribution is 2.39. The van der Waals surface area contributed by atoms with E-state index in [2.05, 4.69) is 4.98 Å². The van der Waals surface area contributed by atoms with Crippen LogP contribution in [-0.4, -0.2) is 40.0 Å². The number of carbonyl (C=O) groups is 2. The predicted octanol–water partition coefficient (Wildman–Crippen LogP) is 3.12. The summed E-state index contributed by atoms with van der Waals surface area (Å²) >= 11 is 0. The molecule has 0 aliphatic carbocycles. The van der Waals surface area contributed by atoms with E-state index in [1.807, 2.05) is 45.0 Å². The van der Waals surface area contributed by atoms with E-state index < -0.39 is 11.4 Å². The first kappa shape index (κ1) is 16.4. The van der Waals surface area contributed by atoms with Gasteiger partial charge >= 0.3 is 5.97 Å². The van der Waals surface area contributed by atoms with Gasteiger partial charge in [0.1, 0.15) is 0 Å². The number of aryl methyl sites for hydroxylation is 1. The molecule has 24 heavy (non-hydrogen) atoms. The number of likely N-dealkylation sites (tertiary alicyclic amines) is 1. The van der Waals surface area contributed by atoms with Crippen molar-refractivity contribution in [3.63, 3.8) is 0 Å². The number of benzene rings is 1. The van der Waals surface area contributed by atoms with Crippen molar-refractivity contribution in [3.8, 4) is 0 Å². The van der Waals surface area contributed by atoms with Gasteiger partial charge in [-0.1, -0.05) is 32.0 Å². The summed E-state index contributed by atoms with van der Waals surface area (Å²) in [6, 6.07) is 9.41. The smallest absolute Gasteiger partial charge is 0.311 e. The Morgan fingerprint density at radius 2 is 2.00 bits per heavy atom. The van der Waals surface area contributed by atoms with Gasteiger partial charge in [-0.3, -0.25) is 14.6 Å². The number of carboxylic acid groups (broad SMARTS) is 1. The van der Waals surface area contributed by atoms with Gasteiger partial charge in [0.25, 0.3) is 5.91 Å². The number of amides is 1. The number of hydrogen-bond acceptors (Lipinski definition) is 3. The third-order valence-electron chi connectivity index (χ3n) is 5.21. The summed E-state index contributed by atoms with van der Waals surface area (Å²) in [5.74, 6) is -0.983. The molecule has 1 fully saturated rings. The van der Waals surface area contributed by atoms with Gasteiger partial charge in [-0.05, 0) is 31.4 Å². The molecule has 1 aromatic heterocycles. The maximum atomic E-state index is 13.0. The molecule has 126 valence electrons. The highest BCUT2D eigenvalue weighted by molar-refractivity contribution is 6.05. The molecular formula is C19H22N2O3. The molecule has 1 aliphatic rings. The number of rotatable bonds is 3. The van der Waals surface area contributed by atoms with Crippen LogP contribution in [0.5, 0.6) is 0 Å². The van der Waals surface area contributed by atoms with Crippen LogP contribution in [0.4, 0.5) is 0 Å². The number of fused-ring (bicyclic) bond motifs is 1. The fourth-order valence-corrected chi connectivity index (χ4v) is 3.49. The van der Waals surface area contributed by atoms with Gasteiger partial charge in [0.2, 0.25) is 0 Å². The van der Waals surface area contributed by atoms with Crippen molar-refractivity contribution < 1.29 is 14.7 Å². The minimum absolute atomic E-state index is 0.0271. The van der Waals surface area contributed by atoms with E-state index in [4.69, 9.17) is 0 Å². The molecule has 1 aliphatic heterocycles. The molecule has 1 aromatic carbocycles. The first-order chi connectivity index (χ1) is 11.3. The Kier molecular flexibility index (Phi) is 4.03. The van der Waals surface area contributed by atoms with Crippen LogP contribution in [-0.2, 0) is 4.79 Å². The monoisotopic (exact) mass is 326 g/mol. The van der Waals surface area contributed by atoms with Crippen LogP contribution in [0.15, 0.2) is 30.3 Å². The Bertz CT molecular complexity index is 815. The third kappa shape index (κ3) is 2.54. The number of aliphatic carboxylic acids is 1. The topological polar surface area (TPSA) is 70.5 Å². The minimum atomic E-state index is -0.858. The maximum Gasteiger partial charge on any atom is 0.311 e. The zero-order valence-electron chi connectivity index (χ0n) is 14.2. The van der Waals surface area contributed by atoms with E-state index in [1.54, 1.807) is 11.0 Å². The van der Waals surface area contributed by atoms with Gasteiger partial charge in [-0.15, -0.1) is 0 Å². The first-order valence-corrected chi connectivity index (χ1v) is 8.24.